The number of anilines is 1. The first-order chi connectivity index (χ1) is 7.22. The summed E-state index contributed by atoms with van der Waals surface area (Å²) in [5, 5.41) is 6.75. The first-order valence-corrected chi connectivity index (χ1v) is 6.16. The van der Waals surface area contributed by atoms with E-state index in [1.807, 2.05) is 6.26 Å². The summed E-state index contributed by atoms with van der Waals surface area (Å²) < 4.78 is 1.53. The van der Waals surface area contributed by atoms with Crippen molar-refractivity contribution in [3.8, 4) is 0 Å². The Kier molecular flexibility index (Phi) is 5.03. The Hall–Kier alpha value is -1.17. The van der Waals surface area contributed by atoms with Crippen molar-refractivity contribution in [3.63, 3.8) is 0 Å². The molecule has 1 aromatic heterocycles. The number of thioether (sulfide) groups is 1. The molecular formula is C9H16N4OS. The van der Waals surface area contributed by atoms with E-state index in [0.29, 0.717) is 5.82 Å². The molecule has 0 spiro atoms. The van der Waals surface area contributed by atoms with Crippen LogP contribution in [0.1, 0.15) is 6.42 Å². The molecule has 1 amide bonds. The Labute approximate surface area is 93.4 Å². The highest BCUT2D eigenvalue weighted by molar-refractivity contribution is 7.98. The van der Waals surface area contributed by atoms with E-state index in [1.54, 1.807) is 24.0 Å². The highest BCUT2D eigenvalue weighted by Gasteiger charge is 2.02. The number of rotatable bonds is 6. The van der Waals surface area contributed by atoms with Crippen LogP contribution in [0.3, 0.4) is 0 Å². The zero-order valence-electron chi connectivity index (χ0n) is 8.77. The molecule has 84 valence electrons. The van der Waals surface area contributed by atoms with Gasteiger partial charge in [0.05, 0.1) is 0 Å². The summed E-state index contributed by atoms with van der Waals surface area (Å²) in [6.07, 6.45) is 4.74. The van der Waals surface area contributed by atoms with Gasteiger partial charge in [-0.1, -0.05) is 0 Å². The van der Waals surface area contributed by atoms with Crippen LogP contribution in [-0.2, 0) is 11.3 Å². The third-order valence-electron chi connectivity index (χ3n) is 1.81. The number of nitrogen functional groups attached to an aromatic ring is 1. The van der Waals surface area contributed by atoms with Crippen molar-refractivity contribution in [2.75, 3.05) is 24.3 Å². The number of nitrogens with one attached hydrogen (secondary N) is 1. The average Bonchev–Trinajstić information content (AvgIpc) is 2.59. The van der Waals surface area contributed by atoms with Crippen LogP contribution in [-0.4, -0.2) is 34.2 Å². The Morgan fingerprint density at radius 1 is 1.73 bits per heavy atom. The van der Waals surface area contributed by atoms with Crippen LogP contribution in [0.2, 0.25) is 0 Å². The smallest absolute Gasteiger partial charge is 0.241 e. The predicted octanol–water partition coefficient (Wildman–Crippen LogP) is 0.335. The number of amides is 1. The molecule has 0 aliphatic rings. The topological polar surface area (TPSA) is 72.9 Å². The third-order valence-corrected chi connectivity index (χ3v) is 2.51. The lowest BCUT2D eigenvalue weighted by atomic mass is 10.4. The summed E-state index contributed by atoms with van der Waals surface area (Å²) in [4.78, 5) is 11.4. The minimum atomic E-state index is -0.0285. The van der Waals surface area contributed by atoms with E-state index < -0.39 is 0 Å². The molecule has 0 aliphatic carbocycles. The zero-order valence-corrected chi connectivity index (χ0v) is 9.59. The summed E-state index contributed by atoms with van der Waals surface area (Å²) >= 11 is 1.78. The van der Waals surface area contributed by atoms with E-state index in [2.05, 4.69) is 10.4 Å². The van der Waals surface area contributed by atoms with E-state index in [4.69, 9.17) is 5.73 Å². The van der Waals surface area contributed by atoms with Crippen molar-refractivity contribution in [1.29, 1.82) is 0 Å². The van der Waals surface area contributed by atoms with Crippen molar-refractivity contribution >= 4 is 23.5 Å². The number of nitrogens with two attached hydrogens (primary N) is 1. The van der Waals surface area contributed by atoms with Crippen LogP contribution in [0.5, 0.6) is 0 Å². The summed E-state index contributed by atoms with van der Waals surface area (Å²) in [6.45, 7) is 0.951. The van der Waals surface area contributed by atoms with Gasteiger partial charge in [-0.3, -0.25) is 9.48 Å². The van der Waals surface area contributed by atoms with Crippen molar-refractivity contribution in [2.45, 2.75) is 13.0 Å². The molecule has 15 heavy (non-hydrogen) atoms. The minimum absolute atomic E-state index is 0.0285. The molecule has 0 radical (unpaired) electrons. The molecular weight excluding hydrogens is 212 g/mol. The fourth-order valence-electron chi connectivity index (χ4n) is 1.11. The van der Waals surface area contributed by atoms with Crippen LogP contribution < -0.4 is 11.1 Å². The van der Waals surface area contributed by atoms with E-state index in [0.717, 1.165) is 18.7 Å². The lowest BCUT2D eigenvalue weighted by Crippen LogP contribution is -2.28. The summed E-state index contributed by atoms with van der Waals surface area (Å²) in [5.74, 6) is 1.47. The van der Waals surface area contributed by atoms with Gasteiger partial charge < -0.3 is 11.1 Å². The molecule has 0 atom stereocenters. The maximum atomic E-state index is 11.4. The van der Waals surface area contributed by atoms with Crippen molar-refractivity contribution < 1.29 is 4.79 Å². The molecule has 1 rings (SSSR count). The van der Waals surface area contributed by atoms with Gasteiger partial charge in [0, 0.05) is 12.7 Å². The second-order valence-corrected chi connectivity index (χ2v) is 4.12. The van der Waals surface area contributed by atoms with Gasteiger partial charge in [-0.15, -0.1) is 0 Å². The van der Waals surface area contributed by atoms with Gasteiger partial charge in [-0.2, -0.15) is 16.9 Å². The molecule has 1 aromatic rings. The highest BCUT2D eigenvalue weighted by atomic mass is 32.2. The average molecular weight is 228 g/mol. The van der Waals surface area contributed by atoms with Crippen molar-refractivity contribution in [3.05, 3.63) is 12.3 Å². The predicted molar refractivity (Wildman–Crippen MR) is 62.6 cm³/mol. The molecule has 0 aromatic carbocycles. The molecule has 3 N–H and O–H groups in total. The quantitative estimate of drug-likeness (QED) is 0.688. The molecule has 0 aliphatic heterocycles. The molecule has 5 nitrogen and oxygen atoms in total. The first kappa shape index (κ1) is 11.9. The number of nitrogens with zero attached hydrogens (tertiary/aromatic N) is 2. The van der Waals surface area contributed by atoms with Gasteiger partial charge in [0.1, 0.15) is 12.4 Å². The van der Waals surface area contributed by atoms with Gasteiger partial charge in [-0.05, 0) is 24.5 Å². The van der Waals surface area contributed by atoms with Crippen LogP contribution >= 0.6 is 11.8 Å². The van der Waals surface area contributed by atoms with Crippen LogP contribution in [0.25, 0.3) is 0 Å². The second-order valence-electron chi connectivity index (χ2n) is 3.13. The Morgan fingerprint density at radius 2 is 2.53 bits per heavy atom. The van der Waals surface area contributed by atoms with Gasteiger partial charge >= 0.3 is 0 Å². The molecule has 0 bridgehead atoms. The van der Waals surface area contributed by atoms with E-state index in [-0.39, 0.29) is 12.5 Å². The SMILES string of the molecule is CSCCCNC(=O)Cn1ccc(N)n1. The molecule has 0 unspecified atom stereocenters. The summed E-state index contributed by atoms with van der Waals surface area (Å²) in [7, 11) is 0. The van der Waals surface area contributed by atoms with Gasteiger partial charge in [0.15, 0.2) is 0 Å². The Bertz CT molecular complexity index is 313. The summed E-state index contributed by atoms with van der Waals surface area (Å²) in [5.41, 5.74) is 5.43. The minimum Gasteiger partial charge on any atom is -0.382 e. The molecule has 1 heterocycles. The fourth-order valence-corrected chi connectivity index (χ4v) is 1.55. The molecule has 0 saturated carbocycles. The zero-order chi connectivity index (χ0) is 11.1. The molecule has 0 fully saturated rings. The van der Waals surface area contributed by atoms with E-state index >= 15 is 0 Å². The second kappa shape index (κ2) is 6.34. The van der Waals surface area contributed by atoms with Crippen LogP contribution in [0, 0.1) is 0 Å². The fraction of sp³-hybridized carbons (Fsp3) is 0.556. The number of aromatic nitrogens is 2. The number of hydrogen-bond acceptors (Lipinski definition) is 4. The van der Waals surface area contributed by atoms with Gasteiger partial charge in [0.2, 0.25) is 5.91 Å². The number of carbonyl (C=O) groups excluding carboxylic acids is 1. The number of carbonyl (C=O) groups is 1. The normalized spacial score (nSPS) is 10.2. The monoisotopic (exact) mass is 228 g/mol. The maximum Gasteiger partial charge on any atom is 0.241 e. The van der Waals surface area contributed by atoms with E-state index in [1.165, 1.54) is 4.68 Å². The maximum absolute atomic E-state index is 11.4. The van der Waals surface area contributed by atoms with Gasteiger partial charge in [-0.25, -0.2) is 0 Å². The largest absolute Gasteiger partial charge is 0.382 e. The van der Waals surface area contributed by atoms with Crippen LogP contribution in [0.4, 0.5) is 5.82 Å². The van der Waals surface area contributed by atoms with Gasteiger partial charge in [0.25, 0.3) is 0 Å². The first-order valence-electron chi connectivity index (χ1n) is 4.77. The standard InChI is InChI=1S/C9H16N4OS/c1-15-6-2-4-11-9(14)7-13-5-3-8(10)12-13/h3,5H,2,4,6-7H2,1H3,(H2,10,12)(H,11,14). The van der Waals surface area contributed by atoms with Crippen LogP contribution in [0.15, 0.2) is 12.3 Å². The number of hydrogen-bond donors (Lipinski definition) is 2. The van der Waals surface area contributed by atoms with Crippen molar-refractivity contribution in [2.24, 2.45) is 0 Å². The third kappa shape index (κ3) is 4.73. The van der Waals surface area contributed by atoms with Crippen molar-refractivity contribution in [1.82, 2.24) is 15.1 Å². The highest BCUT2D eigenvalue weighted by Crippen LogP contribution is 1.96. The lowest BCUT2D eigenvalue weighted by Gasteiger charge is -2.04. The van der Waals surface area contributed by atoms with E-state index in [9.17, 15) is 4.79 Å². The summed E-state index contributed by atoms with van der Waals surface area (Å²) in [6, 6.07) is 1.67. The Balaban J connectivity index is 2.18. The molecule has 6 heteroatoms. The lowest BCUT2D eigenvalue weighted by molar-refractivity contribution is -0.121. The Morgan fingerprint density at radius 3 is 3.13 bits per heavy atom. The molecule has 0 saturated heterocycles.